The highest BCUT2D eigenvalue weighted by atomic mass is 35.5. The van der Waals surface area contributed by atoms with Crippen LogP contribution in [0.1, 0.15) is 16.8 Å². The monoisotopic (exact) mass is 481 g/mol. The van der Waals surface area contributed by atoms with Crippen LogP contribution < -0.4 is 5.32 Å². The number of hydrogen-bond donors (Lipinski definition) is 1. The second kappa shape index (κ2) is 8.24. The fourth-order valence-corrected chi connectivity index (χ4v) is 5.96. The molecule has 1 aliphatic heterocycles. The Bertz CT molecular complexity index is 1310. The number of hydrogen-bond acceptors (Lipinski definition) is 5. The van der Waals surface area contributed by atoms with Crippen LogP contribution in [0, 0.1) is 0 Å². The van der Waals surface area contributed by atoms with Crippen LogP contribution >= 0.6 is 35.0 Å². The van der Waals surface area contributed by atoms with Crippen molar-refractivity contribution in [2.24, 2.45) is 7.05 Å². The molecule has 0 aliphatic carbocycles. The second-order valence-corrected chi connectivity index (χ2v) is 9.30. The molecule has 1 N–H and O–H groups in total. The number of carbonyl (C=O) groups is 1. The topological polar surface area (TPSA) is 72.7 Å². The number of amides is 1. The van der Waals surface area contributed by atoms with E-state index in [1.54, 1.807) is 36.3 Å². The largest absolute Gasteiger partial charge is 0.310 e. The number of aryl methyl sites for hydroxylation is 1. The normalized spacial score (nSPS) is 18.0. The van der Waals surface area contributed by atoms with E-state index in [1.165, 1.54) is 11.8 Å². The number of thioether (sulfide) groups is 1. The number of nitrogens with one attached hydrogen (secondary N) is 1. The van der Waals surface area contributed by atoms with Gasteiger partial charge in [-0.2, -0.15) is 5.10 Å². The number of carbonyl (C=O) groups excluding carboxylic acids is 1. The van der Waals surface area contributed by atoms with Gasteiger partial charge in [0.15, 0.2) is 0 Å². The fourth-order valence-electron chi connectivity index (χ4n) is 4.00. The molecule has 32 heavy (non-hydrogen) atoms. The van der Waals surface area contributed by atoms with E-state index in [1.807, 2.05) is 42.5 Å². The molecule has 5 rings (SSSR count). The molecule has 4 aromatic rings. The maximum Gasteiger partial charge on any atom is 0.235 e. The van der Waals surface area contributed by atoms with Crippen molar-refractivity contribution in [3.8, 4) is 11.4 Å². The molecule has 1 atom stereocenters. The van der Waals surface area contributed by atoms with Gasteiger partial charge in [-0.25, -0.2) is 0 Å². The smallest absolute Gasteiger partial charge is 0.235 e. The highest BCUT2D eigenvalue weighted by molar-refractivity contribution is 8.01. The van der Waals surface area contributed by atoms with Crippen molar-refractivity contribution in [3.63, 3.8) is 0 Å². The zero-order valence-electron chi connectivity index (χ0n) is 16.9. The number of benzene rings is 1. The molecule has 0 saturated carbocycles. The SMILES string of the molecule is Cn1nc(-c2ccccn2)c2c1NC(=O)CSC2(c1ccccn1)c1ccc(Cl)cc1Cl. The summed E-state index contributed by atoms with van der Waals surface area (Å²) in [5.74, 6) is 0.651. The number of halogens is 2. The fraction of sp³-hybridized carbons (Fsp3) is 0.130. The summed E-state index contributed by atoms with van der Waals surface area (Å²) in [7, 11) is 1.80. The zero-order chi connectivity index (χ0) is 22.3. The van der Waals surface area contributed by atoms with Crippen LogP contribution in [0.4, 0.5) is 5.82 Å². The highest BCUT2D eigenvalue weighted by Crippen LogP contribution is 2.55. The summed E-state index contributed by atoms with van der Waals surface area (Å²) in [5.41, 5.74) is 3.62. The summed E-state index contributed by atoms with van der Waals surface area (Å²) >= 11 is 14.5. The van der Waals surface area contributed by atoms with E-state index in [2.05, 4.69) is 10.3 Å². The number of anilines is 1. The van der Waals surface area contributed by atoms with Crippen molar-refractivity contribution in [1.29, 1.82) is 0 Å². The van der Waals surface area contributed by atoms with Crippen LogP contribution in [-0.4, -0.2) is 31.4 Å². The summed E-state index contributed by atoms with van der Waals surface area (Å²) < 4.78 is 0.739. The van der Waals surface area contributed by atoms with E-state index in [0.717, 1.165) is 16.8 Å². The van der Waals surface area contributed by atoms with Crippen molar-refractivity contribution < 1.29 is 4.79 Å². The molecule has 0 radical (unpaired) electrons. The van der Waals surface area contributed by atoms with Crippen molar-refractivity contribution in [3.05, 3.63) is 93.9 Å². The lowest BCUT2D eigenvalue weighted by atomic mass is 9.85. The third-order valence-corrected chi connectivity index (χ3v) is 7.34. The summed E-state index contributed by atoms with van der Waals surface area (Å²) in [6.45, 7) is 0. The number of fused-ring (bicyclic) bond motifs is 1. The molecule has 0 saturated heterocycles. The molecule has 9 heteroatoms. The molecule has 3 aromatic heterocycles. The lowest BCUT2D eigenvalue weighted by Crippen LogP contribution is -2.28. The summed E-state index contributed by atoms with van der Waals surface area (Å²) in [6.07, 6.45) is 3.45. The van der Waals surface area contributed by atoms with E-state index >= 15 is 0 Å². The van der Waals surface area contributed by atoms with Gasteiger partial charge in [-0.3, -0.25) is 19.4 Å². The predicted molar refractivity (Wildman–Crippen MR) is 128 cm³/mol. The van der Waals surface area contributed by atoms with Crippen molar-refractivity contribution in [2.75, 3.05) is 11.1 Å². The Morgan fingerprint density at radius 1 is 1.06 bits per heavy atom. The van der Waals surface area contributed by atoms with Gasteiger partial charge in [-0.05, 0) is 42.0 Å². The standard InChI is InChI=1S/C23H17Cl2N5OS/c1-30-22-20(21(29-30)17-6-2-4-10-26-17)23(32-13-19(31)28-22,18-7-3-5-11-27-18)15-9-8-14(24)12-16(15)25/h2-12H,13H2,1H3,(H,28,31). The number of aromatic nitrogens is 4. The van der Waals surface area contributed by atoms with Gasteiger partial charge < -0.3 is 5.32 Å². The summed E-state index contributed by atoms with van der Waals surface area (Å²) in [5, 5.41) is 8.79. The van der Waals surface area contributed by atoms with Crippen LogP contribution in [0.15, 0.2) is 67.0 Å². The quantitative estimate of drug-likeness (QED) is 0.437. The van der Waals surface area contributed by atoms with E-state index in [9.17, 15) is 4.79 Å². The van der Waals surface area contributed by atoms with Gasteiger partial charge in [0.25, 0.3) is 0 Å². The van der Waals surface area contributed by atoms with E-state index in [4.69, 9.17) is 33.3 Å². The van der Waals surface area contributed by atoms with Crippen molar-refractivity contribution in [1.82, 2.24) is 19.7 Å². The highest BCUT2D eigenvalue weighted by Gasteiger charge is 2.48. The Balaban J connectivity index is 1.93. The zero-order valence-corrected chi connectivity index (χ0v) is 19.2. The lowest BCUT2D eigenvalue weighted by molar-refractivity contribution is -0.113. The minimum absolute atomic E-state index is 0.130. The third kappa shape index (κ3) is 3.37. The molecule has 1 amide bonds. The number of nitrogens with zero attached hydrogens (tertiary/aromatic N) is 4. The first-order valence-corrected chi connectivity index (χ1v) is 11.5. The van der Waals surface area contributed by atoms with Crippen LogP contribution in [0.25, 0.3) is 11.4 Å². The Hall–Kier alpha value is -2.87. The van der Waals surface area contributed by atoms with Gasteiger partial charge in [0.1, 0.15) is 16.3 Å². The first-order chi connectivity index (χ1) is 15.5. The molecule has 1 aliphatic rings. The van der Waals surface area contributed by atoms with Crippen molar-refractivity contribution >= 4 is 46.7 Å². The average Bonchev–Trinajstić information content (AvgIpc) is 3.03. The molecule has 6 nitrogen and oxygen atoms in total. The average molecular weight is 482 g/mol. The number of rotatable bonds is 3. The first-order valence-electron chi connectivity index (χ1n) is 9.80. The van der Waals surface area contributed by atoms with E-state index < -0.39 is 4.75 Å². The van der Waals surface area contributed by atoms with Gasteiger partial charge in [-0.15, -0.1) is 11.8 Å². The molecule has 4 heterocycles. The minimum Gasteiger partial charge on any atom is -0.310 e. The Morgan fingerprint density at radius 2 is 1.84 bits per heavy atom. The molecule has 1 unspecified atom stereocenters. The second-order valence-electron chi connectivity index (χ2n) is 7.27. The van der Waals surface area contributed by atoms with Crippen LogP contribution in [0.5, 0.6) is 0 Å². The van der Waals surface area contributed by atoms with Gasteiger partial charge in [0, 0.05) is 29.5 Å². The first kappa shape index (κ1) is 21.0. The molecular weight excluding hydrogens is 465 g/mol. The number of pyridine rings is 2. The van der Waals surface area contributed by atoms with Gasteiger partial charge >= 0.3 is 0 Å². The van der Waals surface area contributed by atoms with E-state index in [0.29, 0.717) is 27.3 Å². The molecule has 0 spiro atoms. The van der Waals surface area contributed by atoms with Crippen LogP contribution in [0.2, 0.25) is 10.0 Å². The molecular formula is C23H17Cl2N5OS. The third-order valence-electron chi connectivity index (χ3n) is 5.32. The Kier molecular flexibility index (Phi) is 5.41. The summed E-state index contributed by atoms with van der Waals surface area (Å²) in [4.78, 5) is 22.0. The molecule has 160 valence electrons. The minimum atomic E-state index is -0.932. The van der Waals surface area contributed by atoms with Gasteiger partial charge in [0.05, 0.1) is 22.7 Å². The van der Waals surface area contributed by atoms with Crippen LogP contribution in [-0.2, 0) is 16.6 Å². The lowest BCUT2D eigenvalue weighted by Gasteiger charge is -2.33. The maximum absolute atomic E-state index is 12.8. The maximum atomic E-state index is 12.8. The molecule has 1 aromatic carbocycles. The predicted octanol–water partition coefficient (Wildman–Crippen LogP) is 5.16. The Labute approximate surface area is 199 Å². The van der Waals surface area contributed by atoms with Gasteiger partial charge in [-0.1, -0.05) is 41.4 Å². The van der Waals surface area contributed by atoms with E-state index in [-0.39, 0.29) is 11.7 Å². The molecule has 0 bridgehead atoms. The van der Waals surface area contributed by atoms with Gasteiger partial charge in [0.2, 0.25) is 5.91 Å². The Morgan fingerprint density at radius 3 is 2.53 bits per heavy atom. The van der Waals surface area contributed by atoms with Crippen LogP contribution in [0.3, 0.4) is 0 Å². The molecule has 0 fully saturated rings. The summed E-state index contributed by atoms with van der Waals surface area (Å²) in [6, 6.07) is 16.8. The van der Waals surface area contributed by atoms with Crippen molar-refractivity contribution in [2.45, 2.75) is 4.75 Å².